The highest BCUT2D eigenvalue weighted by Gasteiger charge is 2.37. The van der Waals surface area contributed by atoms with E-state index in [9.17, 15) is 4.79 Å². The Bertz CT molecular complexity index is 155. The van der Waals surface area contributed by atoms with Crippen molar-refractivity contribution in [2.75, 3.05) is 13.1 Å². The molecule has 2 fully saturated rings. The molecule has 2 rings (SSSR count). The first-order valence-electron chi connectivity index (χ1n) is 4.25. The molecule has 0 aliphatic carbocycles. The summed E-state index contributed by atoms with van der Waals surface area (Å²) in [6.07, 6.45) is 4.62. The summed E-state index contributed by atoms with van der Waals surface area (Å²) in [4.78, 5) is 12.8. The Kier molecular flexibility index (Phi) is 1.49. The van der Waals surface area contributed by atoms with Gasteiger partial charge in [-0.3, -0.25) is 4.79 Å². The smallest absolute Gasteiger partial charge is 0.195 e. The average molecular weight is 140 g/mol. The summed E-state index contributed by atoms with van der Waals surface area (Å²) in [5, 5.41) is 0. The maximum atomic E-state index is 11.2. The third-order valence-electron chi connectivity index (χ3n) is 2.81. The molecular weight excluding hydrogens is 126 g/mol. The van der Waals surface area contributed by atoms with Crippen LogP contribution in [0.1, 0.15) is 25.7 Å². The number of hydrogen-bond donors (Lipinski definition) is 1. The normalized spacial score (nSPS) is 39.8. The molecule has 2 atom stereocenters. The van der Waals surface area contributed by atoms with Gasteiger partial charge in [0, 0.05) is 6.42 Å². The van der Waals surface area contributed by atoms with E-state index in [1.165, 1.54) is 19.4 Å². The molecule has 56 valence electrons. The third kappa shape index (κ3) is 0.870. The van der Waals surface area contributed by atoms with Gasteiger partial charge in [0.05, 0.1) is 19.5 Å². The van der Waals surface area contributed by atoms with Gasteiger partial charge in [-0.25, -0.2) is 0 Å². The minimum absolute atomic E-state index is 0.411. The van der Waals surface area contributed by atoms with Crippen LogP contribution in [0.25, 0.3) is 0 Å². The van der Waals surface area contributed by atoms with Crippen molar-refractivity contribution in [1.29, 1.82) is 0 Å². The fraction of sp³-hybridized carbons (Fsp3) is 0.875. The van der Waals surface area contributed by atoms with E-state index in [0.717, 1.165) is 19.4 Å². The summed E-state index contributed by atoms with van der Waals surface area (Å²) in [6.45, 7) is 2.36. The van der Waals surface area contributed by atoms with Gasteiger partial charge in [-0.2, -0.15) is 0 Å². The van der Waals surface area contributed by atoms with E-state index < -0.39 is 0 Å². The Labute approximate surface area is 61.2 Å². The van der Waals surface area contributed by atoms with Crippen molar-refractivity contribution < 1.29 is 9.69 Å². The van der Waals surface area contributed by atoms with Crippen LogP contribution in [0.5, 0.6) is 0 Å². The number of Topliss-reactive ketones (excluding diaryl/α,β-unsaturated/α-hetero) is 1. The summed E-state index contributed by atoms with van der Waals surface area (Å²) in [7, 11) is 0. The summed E-state index contributed by atoms with van der Waals surface area (Å²) >= 11 is 0. The topological polar surface area (TPSA) is 21.5 Å². The van der Waals surface area contributed by atoms with Crippen LogP contribution in [0.15, 0.2) is 0 Å². The highest BCUT2D eigenvalue weighted by atomic mass is 16.1. The van der Waals surface area contributed by atoms with Crippen LogP contribution in [0.2, 0.25) is 0 Å². The Morgan fingerprint density at radius 2 is 2.20 bits per heavy atom. The number of ketones is 1. The summed E-state index contributed by atoms with van der Waals surface area (Å²) < 4.78 is 0. The van der Waals surface area contributed by atoms with Crippen molar-refractivity contribution in [2.24, 2.45) is 0 Å². The average Bonchev–Trinajstić information content (AvgIpc) is 2.34. The zero-order chi connectivity index (χ0) is 6.97. The molecule has 10 heavy (non-hydrogen) atoms. The van der Waals surface area contributed by atoms with Gasteiger partial charge in [-0.1, -0.05) is 0 Å². The van der Waals surface area contributed by atoms with Crippen LogP contribution in [-0.2, 0) is 4.79 Å². The minimum Gasteiger partial charge on any atom is -0.326 e. The van der Waals surface area contributed by atoms with Gasteiger partial charge < -0.3 is 4.90 Å². The summed E-state index contributed by atoms with van der Waals surface area (Å²) in [5.74, 6) is 0.523. The SMILES string of the molecule is O=C1CC[NH+]2CCCC[C@@H]12. The predicted octanol–water partition coefficient (Wildman–Crippen LogP) is -0.603. The Morgan fingerprint density at radius 3 is 3.00 bits per heavy atom. The van der Waals surface area contributed by atoms with E-state index in [0.29, 0.717) is 11.8 Å². The second-order valence-corrected chi connectivity index (χ2v) is 3.42. The molecule has 2 heteroatoms. The van der Waals surface area contributed by atoms with E-state index in [4.69, 9.17) is 0 Å². The maximum absolute atomic E-state index is 11.2. The van der Waals surface area contributed by atoms with Crippen LogP contribution < -0.4 is 4.90 Å². The molecule has 2 saturated heterocycles. The monoisotopic (exact) mass is 140 g/mol. The number of hydrogen-bond acceptors (Lipinski definition) is 1. The van der Waals surface area contributed by atoms with Crippen LogP contribution in [0, 0.1) is 0 Å². The molecule has 0 aromatic heterocycles. The zero-order valence-corrected chi connectivity index (χ0v) is 6.23. The van der Waals surface area contributed by atoms with Crippen molar-refractivity contribution in [3.8, 4) is 0 Å². The molecule has 0 radical (unpaired) electrons. The third-order valence-corrected chi connectivity index (χ3v) is 2.81. The summed E-state index contributed by atoms with van der Waals surface area (Å²) in [5.41, 5.74) is 0. The number of quaternary nitrogens is 1. The van der Waals surface area contributed by atoms with Crippen molar-refractivity contribution in [2.45, 2.75) is 31.7 Å². The van der Waals surface area contributed by atoms with Crippen LogP contribution in [0.3, 0.4) is 0 Å². The van der Waals surface area contributed by atoms with Crippen molar-refractivity contribution in [3.05, 3.63) is 0 Å². The van der Waals surface area contributed by atoms with E-state index in [2.05, 4.69) is 0 Å². The number of rotatable bonds is 0. The fourth-order valence-electron chi connectivity index (χ4n) is 2.22. The number of nitrogens with one attached hydrogen (secondary N) is 1. The molecule has 2 aliphatic heterocycles. The quantitative estimate of drug-likeness (QED) is 0.476. The van der Waals surface area contributed by atoms with Gasteiger partial charge in [0.1, 0.15) is 6.04 Å². The number of piperidine rings is 1. The van der Waals surface area contributed by atoms with Gasteiger partial charge >= 0.3 is 0 Å². The molecule has 0 aromatic carbocycles. The van der Waals surface area contributed by atoms with Crippen molar-refractivity contribution >= 4 is 5.78 Å². The standard InChI is InChI=1S/C8H13NO/c10-8-4-6-9-5-2-1-3-7(8)9/h7H,1-6H2/p+1/t7-/m0/s1. The Hall–Kier alpha value is -0.370. The molecule has 0 amide bonds. The lowest BCUT2D eigenvalue weighted by Crippen LogP contribution is -3.14. The first-order chi connectivity index (χ1) is 4.88. The molecule has 0 bridgehead atoms. The lowest BCUT2D eigenvalue weighted by molar-refractivity contribution is -0.912. The lowest BCUT2D eigenvalue weighted by atomic mass is 10.0. The van der Waals surface area contributed by atoms with Crippen molar-refractivity contribution in [3.63, 3.8) is 0 Å². The Morgan fingerprint density at radius 1 is 1.30 bits per heavy atom. The van der Waals surface area contributed by atoms with Gasteiger partial charge in [-0.05, 0) is 12.8 Å². The molecule has 2 nitrogen and oxygen atoms in total. The molecule has 2 aliphatic rings. The van der Waals surface area contributed by atoms with Crippen LogP contribution in [-0.4, -0.2) is 24.9 Å². The lowest BCUT2D eigenvalue weighted by Gasteiger charge is -2.24. The first-order valence-corrected chi connectivity index (χ1v) is 4.25. The van der Waals surface area contributed by atoms with E-state index >= 15 is 0 Å². The van der Waals surface area contributed by atoms with Crippen LogP contribution >= 0.6 is 0 Å². The van der Waals surface area contributed by atoms with E-state index in [-0.39, 0.29) is 0 Å². The maximum Gasteiger partial charge on any atom is 0.195 e. The van der Waals surface area contributed by atoms with Crippen molar-refractivity contribution in [1.82, 2.24) is 0 Å². The number of carbonyl (C=O) groups is 1. The van der Waals surface area contributed by atoms with Gasteiger partial charge in [-0.15, -0.1) is 0 Å². The van der Waals surface area contributed by atoms with E-state index in [1.54, 1.807) is 4.90 Å². The molecular formula is C8H14NO+. The molecule has 0 saturated carbocycles. The van der Waals surface area contributed by atoms with E-state index in [1.807, 2.05) is 0 Å². The highest BCUT2D eigenvalue weighted by Crippen LogP contribution is 2.08. The minimum atomic E-state index is 0.411. The Balaban J connectivity index is 2.08. The highest BCUT2D eigenvalue weighted by molar-refractivity contribution is 5.84. The predicted molar refractivity (Wildman–Crippen MR) is 38.0 cm³/mol. The summed E-state index contributed by atoms with van der Waals surface area (Å²) in [6, 6.07) is 0.411. The molecule has 1 unspecified atom stereocenters. The number of carbonyl (C=O) groups excluding carboxylic acids is 1. The first kappa shape index (κ1) is 6.35. The molecule has 0 spiro atoms. The van der Waals surface area contributed by atoms with Gasteiger partial charge in [0.2, 0.25) is 0 Å². The van der Waals surface area contributed by atoms with Gasteiger partial charge in [0.15, 0.2) is 5.78 Å². The fourth-order valence-corrected chi connectivity index (χ4v) is 2.22. The second kappa shape index (κ2) is 2.35. The van der Waals surface area contributed by atoms with Gasteiger partial charge in [0.25, 0.3) is 0 Å². The number of fused-ring (bicyclic) bond motifs is 1. The largest absolute Gasteiger partial charge is 0.326 e. The second-order valence-electron chi connectivity index (χ2n) is 3.42. The molecule has 0 aromatic rings. The molecule has 1 N–H and O–H groups in total. The zero-order valence-electron chi connectivity index (χ0n) is 6.23. The molecule has 2 heterocycles. The van der Waals surface area contributed by atoms with Crippen LogP contribution in [0.4, 0.5) is 0 Å².